The maximum Gasteiger partial charge on any atom is 0.252 e. The van der Waals surface area contributed by atoms with E-state index in [0.29, 0.717) is 39.8 Å². The lowest BCUT2D eigenvalue weighted by Gasteiger charge is -2.21. The number of carbonyl (C=O) groups is 2. The van der Waals surface area contributed by atoms with Gasteiger partial charge in [0.1, 0.15) is 17.6 Å². The Balaban J connectivity index is 1.50. The Hall–Kier alpha value is -4.39. The number of nitrogens with two attached hydrogens (primary N) is 1. The largest absolute Gasteiger partial charge is 0.494 e. The molecular formula is C27H29N7O3. The number of ether oxygens (including phenoxy) is 1. The Morgan fingerprint density at radius 3 is 2.59 bits per heavy atom. The molecule has 0 aliphatic heterocycles. The number of nitrogens with zero attached hydrogens (tertiary/aromatic N) is 4. The number of hydrogen-bond donors (Lipinski definition) is 3. The predicted molar refractivity (Wildman–Crippen MR) is 138 cm³/mol. The number of carbonyl (C=O) groups excluding carboxylic acids is 2. The maximum absolute atomic E-state index is 12.2. The van der Waals surface area contributed by atoms with Gasteiger partial charge in [0.15, 0.2) is 5.69 Å². The second-order valence-electron chi connectivity index (χ2n) is 9.53. The molecule has 0 radical (unpaired) electrons. The predicted octanol–water partition coefficient (Wildman–Crippen LogP) is 4.52. The van der Waals surface area contributed by atoms with Gasteiger partial charge in [-0.25, -0.2) is 4.98 Å². The lowest BCUT2D eigenvalue weighted by atomic mass is 9.96. The molecule has 0 bridgehead atoms. The number of para-hydroxylation sites is 1. The van der Waals surface area contributed by atoms with Crippen LogP contribution in [0.4, 0.5) is 17.2 Å². The van der Waals surface area contributed by atoms with Crippen LogP contribution in [-0.2, 0) is 4.79 Å². The van der Waals surface area contributed by atoms with Crippen LogP contribution in [-0.4, -0.2) is 33.7 Å². The standard InChI is InChI=1S/C27H29N7O3/c1-37-25-18(20-15-34(33-23(20)13-28)17-6-3-2-4-7-17)8-5-9-21(25)31-22-12-24(30-14-19(22)26(29)35)32-27(36)16-10-11-16/h5,8-9,12,14-17H,2-4,6-7,10-11H2,1H3,(H2,29,35)(H2,30,31,32,36). The van der Waals surface area contributed by atoms with E-state index in [9.17, 15) is 14.9 Å². The number of nitrogens with one attached hydrogen (secondary N) is 2. The van der Waals surface area contributed by atoms with Gasteiger partial charge in [-0.1, -0.05) is 31.4 Å². The summed E-state index contributed by atoms with van der Waals surface area (Å²) >= 11 is 0. The number of amides is 2. The number of anilines is 3. The normalized spacial score (nSPS) is 15.6. The lowest BCUT2D eigenvalue weighted by Crippen LogP contribution is -2.17. The van der Waals surface area contributed by atoms with Crippen molar-refractivity contribution in [3.8, 4) is 22.9 Å². The summed E-state index contributed by atoms with van der Waals surface area (Å²) in [7, 11) is 1.55. The molecule has 5 rings (SSSR count). The minimum absolute atomic E-state index is 0.00894. The molecule has 4 N–H and O–H groups in total. The smallest absolute Gasteiger partial charge is 0.252 e. The van der Waals surface area contributed by atoms with Crippen LogP contribution in [0.15, 0.2) is 36.7 Å². The van der Waals surface area contributed by atoms with Gasteiger partial charge < -0.3 is 21.1 Å². The summed E-state index contributed by atoms with van der Waals surface area (Å²) in [5.74, 6) is 0.0577. The first kappa shape index (κ1) is 24.3. The van der Waals surface area contributed by atoms with Gasteiger partial charge in [-0.2, -0.15) is 10.4 Å². The Bertz CT molecular complexity index is 1380. The van der Waals surface area contributed by atoms with E-state index in [1.54, 1.807) is 19.2 Å². The van der Waals surface area contributed by atoms with Crippen molar-refractivity contribution in [1.82, 2.24) is 14.8 Å². The Kier molecular flexibility index (Phi) is 6.77. The molecule has 2 aliphatic rings. The Morgan fingerprint density at radius 2 is 1.92 bits per heavy atom. The van der Waals surface area contributed by atoms with Crippen LogP contribution in [0.3, 0.4) is 0 Å². The third kappa shape index (κ3) is 5.11. The molecular weight excluding hydrogens is 470 g/mol. The summed E-state index contributed by atoms with van der Waals surface area (Å²) in [6.45, 7) is 0. The zero-order valence-electron chi connectivity index (χ0n) is 20.7. The van der Waals surface area contributed by atoms with E-state index in [-0.39, 0.29) is 23.4 Å². The van der Waals surface area contributed by atoms with Crippen LogP contribution in [0.2, 0.25) is 0 Å². The first-order valence-electron chi connectivity index (χ1n) is 12.5. The van der Waals surface area contributed by atoms with Crippen molar-refractivity contribution in [3.05, 3.63) is 47.9 Å². The monoisotopic (exact) mass is 499 g/mol. The van der Waals surface area contributed by atoms with Gasteiger partial charge in [0.25, 0.3) is 5.91 Å². The molecule has 2 saturated carbocycles. The number of benzene rings is 1. The summed E-state index contributed by atoms with van der Waals surface area (Å²) < 4.78 is 7.69. The van der Waals surface area contributed by atoms with Crippen LogP contribution >= 0.6 is 0 Å². The van der Waals surface area contributed by atoms with Crippen LogP contribution in [0.1, 0.15) is 67.0 Å². The number of rotatable bonds is 8. The van der Waals surface area contributed by atoms with Crippen molar-refractivity contribution in [2.75, 3.05) is 17.7 Å². The number of hydrogen-bond acceptors (Lipinski definition) is 7. The van der Waals surface area contributed by atoms with E-state index in [2.05, 4.69) is 26.8 Å². The molecule has 10 nitrogen and oxygen atoms in total. The van der Waals surface area contributed by atoms with Crippen molar-refractivity contribution in [3.63, 3.8) is 0 Å². The van der Waals surface area contributed by atoms with Gasteiger partial charge in [-0.05, 0) is 31.7 Å². The molecule has 1 aromatic carbocycles. The highest BCUT2D eigenvalue weighted by atomic mass is 16.5. The van der Waals surface area contributed by atoms with E-state index in [0.717, 1.165) is 38.5 Å². The SMILES string of the molecule is COc1c(Nc2cc(NC(=O)C3CC3)ncc2C(N)=O)cccc1-c1cn(C2CCCCC2)nc1C#N. The van der Waals surface area contributed by atoms with Gasteiger partial charge in [-0.3, -0.25) is 14.3 Å². The number of aromatic nitrogens is 3. The quantitative estimate of drug-likeness (QED) is 0.412. The molecule has 2 aromatic heterocycles. The Labute approximate surface area is 214 Å². The van der Waals surface area contributed by atoms with Crippen LogP contribution < -0.4 is 21.1 Å². The van der Waals surface area contributed by atoms with Crippen molar-refractivity contribution >= 4 is 29.0 Å². The number of nitriles is 1. The van der Waals surface area contributed by atoms with Crippen LogP contribution in [0.25, 0.3) is 11.1 Å². The van der Waals surface area contributed by atoms with E-state index < -0.39 is 5.91 Å². The van der Waals surface area contributed by atoms with Crippen molar-refractivity contribution < 1.29 is 14.3 Å². The number of primary amides is 1. The fraction of sp³-hybridized carbons (Fsp3) is 0.370. The van der Waals surface area contributed by atoms with Crippen molar-refractivity contribution in [1.29, 1.82) is 5.26 Å². The molecule has 37 heavy (non-hydrogen) atoms. The highest BCUT2D eigenvalue weighted by molar-refractivity contribution is 6.01. The lowest BCUT2D eigenvalue weighted by molar-refractivity contribution is -0.117. The molecule has 3 aromatic rings. The van der Waals surface area contributed by atoms with Gasteiger partial charge in [0.05, 0.1) is 30.1 Å². The molecule has 190 valence electrons. The summed E-state index contributed by atoms with van der Waals surface area (Å²) in [6.07, 6.45) is 10.6. The Morgan fingerprint density at radius 1 is 1.14 bits per heavy atom. The highest BCUT2D eigenvalue weighted by Gasteiger charge is 2.30. The van der Waals surface area contributed by atoms with E-state index in [1.807, 2.05) is 23.0 Å². The molecule has 0 saturated heterocycles. The first-order chi connectivity index (χ1) is 18.0. The van der Waals surface area contributed by atoms with Crippen LogP contribution in [0, 0.1) is 17.2 Å². The van der Waals surface area contributed by atoms with E-state index in [1.165, 1.54) is 12.6 Å². The number of methoxy groups -OCH3 is 1. The van der Waals surface area contributed by atoms with Crippen LogP contribution in [0.5, 0.6) is 5.75 Å². The molecule has 10 heteroatoms. The van der Waals surface area contributed by atoms with Gasteiger partial charge in [0, 0.05) is 35.5 Å². The van der Waals surface area contributed by atoms with Gasteiger partial charge in [-0.15, -0.1) is 0 Å². The second kappa shape index (κ2) is 10.3. The minimum atomic E-state index is -0.661. The molecule has 0 spiro atoms. The summed E-state index contributed by atoms with van der Waals surface area (Å²) in [5.41, 5.74) is 8.40. The highest BCUT2D eigenvalue weighted by Crippen LogP contribution is 2.40. The molecule has 2 aliphatic carbocycles. The van der Waals surface area contributed by atoms with Crippen molar-refractivity contribution in [2.24, 2.45) is 11.7 Å². The number of pyridine rings is 1. The molecule has 2 fully saturated rings. The minimum Gasteiger partial charge on any atom is -0.494 e. The summed E-state index contributed by atoms with van der Waals surface area (Å²) in [6, 6.07) is 9.58. The second-order valence-corrected chi connectivity index (χ2v) is 9.53. The molecule has 2 amide bonds. The molecule has 2 heterocycles. The van der Waals surface area contributed by atoms with Crippen molar-refractivity contribution in [2.45, 2.75) is 51.0 Å². The summed E-state index contributed by atoms with van der Waals surface area (Å²) in [4.78, 5) is 28.5. The third-order valence-electron chi connectivity index (χ3n) is 6.93. The molecule has 0 unspecified atom stereocenters. The van der Waals surface area contributed by atoms with Gasteiger partial charge >= 0.3 is 0 Å². The molecule has 0 atom stereocenters. The fourth-order valence-corrected chi connectivity index (χ4v) is 4.81. The summed E-state index contributed by atoms with van der Waals surface area (Å²) in [5, 5.41) is 20.4. The average molecular weight is 500 g/mol. The fourth-order valence-electron chi connectivity index (χ4n) is 4.81. The van der Waals surface area contributed by atoms with E-state index in [4.69, 9.17) is 10.5 Å². The van der Waals surface area contributed by atoms with Gasteiger partial charge in [0.2, 0.25) is 5.91 Å². The average Bonchev–Trinajstić information content (AvgIpc) is 3.68. The first-order valence-corrected chi connectivity index (χ1v) is 12.5. The maximum atomic E-state index is 12.2. The zero-order valence-corrected chi connectivity index (χ0v) is 20.7. The zero-order chi connectivity index (χ0) is 25.9. The third-order valence-corrected chi connectivity index (χ3v) is 6.93. The topological polar surface area (TPSA) is 148 Å². The van der Waals surface area contributed by atoms with E-state index >= 15 is 0 Å².